The summed E-state index contributed by atoms with van der Waals surface area (Å²) in [4.78, 5) is 10.4. The Hall–Kier alpha value is -0.920. The maximum Gasteiger partial charge on any atom is 0.346 e. The standard InChI is InChI=1S/C6H7NO4S2/c1-3-4(13(7,10)11)2-12-5(3)6(8)9/h2H,1H3,(H,8,9)(H2,7,10,11). The number of carbonyl (C=O) groups is 1. The van der Waals surface area contributed by atoms with E-state index in [1.54, 1.807) is 0 Å². The second-order valence-electron chi connectivity index (χ2n) is 2.40. The summed E-state index contributed by atoms with van der Waals surface area (Å²) < 4.78 is 21.8. The van der Waals surface area contributed by atoms with E-state index in [1.807, 2.05) is 0 Å². The Labute approximate surface area is 78.9 Å². The van der Waals surface area contributed by atoms with Crippen molar-refractivity contribution in [2.24, 2.45) is 5.14 Å². The smallest absolute Gasteiger partial charge is 0.346 e. The summed E-state index contributed by atoms with van der Waals surface area (Å²) in [6.07, 6.45) is 0. The van der Waals surface area contributed by atoms with Crippen molar-refractivity contribution >= 4 is 27.3 Å². The maximum absolute atomic E-state index is 10.9. The number of carboxylic acids is 1. The number of hydrogen-bond acceptors (Lipinski definition) is 4. The molecule has 13 heavy (non-hydrogen) atoms. The molecular formula is C6H7NO4S2. The third-order valence-electron chi connectivity index (χ3n) is 1.49. The van der Waals surface area contributed by atoms with Crippen molar-refractivity contribution in [1.29, 1.82) is 0 Å². The minimum absolute atomic E-state index is 0.00373. The third kappa shape index (κ3) is 1.87. The van der Waals surface area contributed by atoms with Crippen molar-refractivity contribution in [3.8, 4) is 0 Å². The highest BCUT2D eigenvalue weighted by Crippen LogP contribution is 2.24. The molecular weight excluding hydrogens is 214 g/mol. The van der Waals surface area contributed by atoms with Crippen LogP contribution in [-0.2, 0) is 10.0 Å². The highest BCUT2D eigenvalue weighted by Gasteiger charge is 2.19. The average Bonchev–Trinajstić information content (AvgIpc) is 2.28. The Morgan fingerprint density at radius 1 is 1.62 bits per heavy atom. The van der Waals surface area contributed by atoms with Crippen LogP contribution in [0.5, 0.6) is 0 Å². The lowest BCUT2D eigenvalue weighted by Crippen LogP contribution is -2.12. The van der Waals surface area contributed by atoms with Gasteiger partial charge in [-0.2, -0.15) is 0 Å². The zero-order chi connectivity index (χ0) is 10.2. The molecule has 0 atom stereocenters. The van der Waals surface area contributed by atoms with Crippen molar-refractivity contribution in [3.63, 3.8) is 0 Å². The number of rotatable bonds is 2. The Kier molecular flexibility index (Phi) is 2.42. The molecule has 7 heteroatoms. The molecule has 0 bridgehead atoms. The molecule has 1 aromatic rings. The summed E-state index contributed by atoms with van der Waals surface area (Å²) >= 11 is 0.852. The Balaban J connectivity index is 3.39. The minimum Gasteiger partial charge on any atom is -0.477 e. The molecule has 3 N–H and O–H groups in total. The van der Waals surface area contributed by atoms with E-state index in [2.05, 4.69) is 0 Å². The monoisotopic (exact) mass is 221 g/mol. The molecule has 0 aliphatic rings. The zero-order valence-corrected chi connectivity index (χ0v) is 8.28. The van der Waals surface area contributed by atoms with Gasteiger partial charge in [0, 0.05) is 5.38 Å². The Morgan fingerprint density at radius 3 is 2.38 bits per heavy atom. The number of thiophene rings is 1. The van der Waals surface area contributed by atoms with Gasteiger partial charge < -0.3 is 5.11 Å². The predicted molar refractivity (Wildman–Crippen MR) is 47.4 cm³/mol. The van der Waals surface area contributed by atoms with Gasteiger partial charge in [-0.1, -0.05) is 0 Å². The van der Waals surface area contributed by atoms with Gasteiger partial charge in [0.15, 0.2) is 0 Å². The topological polar surface area (TPSA) is 97.5 Å². The second kappa shape index (κ2) is 3.09. The van der Waals surface area contributed by atoms with Gasteiger partial charge in [0.2, 0.25) is 10.0 Å². The van der Waals surface area contributed by atoms with Crippen LogP contribution < -0.4 is 5.14 Å². The first-order chi connectivity index (χ1) is 5.84. The zero-order valence-electron chi connectivity index (χ0n) is 6.64. The van der Waals surface area contributed by atoms with Crippen LogP contribution in [0.2, 0.25) is 0 Å². The van der Waals surface area contributed by atoms with Crippen LogP contribution in [-0.4, -0.2) is 19.5 Å². The normalized spacial score (nSPS) is 11.5. The molecule has 0 saturated heterocycles. The van der Waals surface area contributed by atoms with Crippen molar-refractivity contribution in [2.45, 2.75) is 11.8 Å². The fourth-order valence-electron chi connectivity index (χ4n) is 0.892. The molecule has 1 heterocycles. The molecule has 72 valence electrons. The Morgan fingerprint density at radius 2 is 2.15 bits per heavy atom. The summed E-state index contributed by atoms with van der Waals surface area (Å²) in [5.74, 6) is -1.14. The van der Waals surface area contributed by atoms with Gasteiger partial charge in [0.1, 0.15) is 4.88 Å². The van der Waals surface area contributed by atoms with Crippen molar-refractivity contribution < 1.29 is 18.3 Å². The molecule has 1 rings (SSSR count). The van der Waals surface area contributed by atoms with E-state index in [1.165, 1.54) is 12.3 Å². The van der Waals surface area contributed by atoms with E-state index in [0.717, 1.165) is 11.3 Å². The van der Waals surface area contributed by atoms with Crippen molar-refractivity contribution in [2.75, 3.05) is 0 Å². The summed E-state index contributed by atoms with van der Waals surface area (Å²) in [6.45, 7) is 1.42. The van der Waals surface area contributed by atoms with Gasteiger partial charge in [0.25, 0.3) is 0 Å². The van der Waals surface area contributed by atoms with Crippen LogP contribution in [0.15, 0.2) is 10.3 Å². The molecule has 0 radical (unpaired) electrons. The van der Waals surface area contributed by atoms with E-state index < -0.39 is 16.0 Å². The van der Waals surface area contributed by atoms with Crippen LogP contribution in [0, 0.1) is 6.92 Å². The summed E-state index contributed by atoms with van der Waals surface area (Å²) in [7, 11) is -3.80. The molecule has 1 aromatic heterocycles. The minimum atomic E-state index is -3.80. The summed E-state index contributed by atoms with van der Waals surface area (Å²) in [5.41, 5.74) is 0.194. The number of aromatic carboxylic acids is 1. The van der Waals surface area contributed by atoms with Crippen LogP contribution in [0.25, 0.3) is 0 Å². The number of carboxylic acid groups (broad SMARTS) is 1. The van der Waals surface area contributed by atoms with E-state index in [9.17, 15) is 13.2 Å². The van der Waals surface area contributed by atoms with E-state index in [4.69, 9.17) is 10.2 Å². The SMILES string of the molecule is Cc1c(S(N)(=O)=O)csc1C(=O)O. The highest BCUT2D eigenvalue weighted by molar-refractivity contribution is 7.89. The highest BCUT2D eigenvalue weighted by atomic mass is 32.2. The summed E-state index contributed by atoms with van der Waals surface area (Å²) in [5, 5.41) is 14.7. The molecule has 0 amide bonds. The van der Waals surface area contributed by atoms with Gasteiger partial charge in [0.05, 0.1) is 4.90 Å². The lowest BCUT2D eigenvalue weighted by Gasteiger charge is -1.95. The van der Waals surface area contributed by atoms with Crippen LogP contribution in [0.1, 0.15) is 15.2 Å². The fourth-order valence-corrected chi connectivity index (χ4v) is 2.96. The number of hydrogen-bond donors (Lipinski definition) is 2. The first-order valence-electron chi connectivity index (χ1n) is 3.18. The largest absolute Gasteiger partial charge is 0.477 e. The molecule has 0 spiro atoms. The van der Waals surface area contributed by atoms with Gasteiger partial charge in [-0.05, 0) is 12.5 Å². The number of nitrogens with two attached hydrogens (primary N) is 1. The van der Waals surface area contributed by atoms with Gasteiger partial charge >= 0.3 is 5.97 Å². The molecule has 0 unspecified atom stereocenters. The van der Waals surface area contributed by atoms with Crippen molar-refractivity contribution in [3.05, 3.63) is 15.8 Å². The van der Waals surface area contributed by atoms with Crippen LogP contribution in [0.3, 0.4) is 0 Å². The number of sulfonamides is 1. The molecule has 0 aliphatic carbocycles. The van der Waals surface area contributed by atoms with Crippen LogP contribution >= 0.6 is 11.3 Å². The molecule has 0 fully saturated rings. The second-order valence-corrected chi connectivity index (χ2v) is 4.81. The van der Waals surface area contributed by atoms with Gasteiger partial charge in [-0.3, -0.25) is 0 Å². The van der Waals surface area contributed by atoms with Gasteiger partial charge in [-0.15, -0.1) is 11.3 Å². The number of primary sulfonamides is 1. The van der Waals surface area contributed by atoms with Crippen molar-refractivity contribution in [1.82, 2.24) is 0 Å². The Bertz CT molecular complexity index is 445. The molecule has 0 aromatic carbocycles. The molecule has 0 saturated carbocycles. The first-order valence-corrected chi connectivity index (χ1v) is 5.61. The van der Waals surface area contributed by atoms with E-state index >= 15 is 0 Å². The molecule has 5 nitrogen and oxygen atoms in total. The lowest BCUT2D eigenvalue weighted by atomic mass is 10.3. The van der Waals surface area contributed by atoms with E-state index in [0.29, 0.717) is 0 Å². The third-order valence-corrected chi connectivity index (χ3v) is 3.75. The molecule has 0 aliphatic heterocycles. The first kappa shape index (κ1) is 10.2. The van der Waals surface area contributed by atoms with E-state index in [-0.39, 0.29) is 15.3 Å². The lowest BCUT2D eigenvalue weighted by molar-refractivity contribution is 0.0701. The predicted octanol–water partition coefficient (Wildman–Crippen LogP) is 0.402. The van der Waals surface area contributed by atoms with Crippen LogP contribution in [0.4, 0.5) is 0 Å². The quantitative estimate of drug-likeness (QED) is 0.755. The van der Waals surface area contributed by atoms with Gasteiger partial charge in [-0.25, -0.2) is 18.4 Å². The average molecular weight is 221 g/mol. The maximum atomic E-state index is 10.9. The summed E-state index contributed by atoms with van der Waals surface area (Å²) in [6, 6.07) is 0. The fraction of sp³-hybridized carbons (Fsp3) is 0.167.